The molecule has 2 aliphatic rings. The maximum atomic E-state index is 12.4. The van der Waals surface area contributed by atoms with Crippen LogP contribution in [0.3, 0.4) is 0 Å². The summed E-state index contributed by atoms with van der Waals surface area (Å²) in [5.41, 5.74) is 4.60. The molecule has 2 aromatic heterocycles. The van der Waals surface area contributed by atoms with Crippen molar-refractivity contribution >= 4 is 47.6 Å². The summed E-state index contributed by atoms with van der Waals surface area (Å²) in [6.07, 6.45) is 2.71. The van der Waals surface area contributed by atoms with Crippen LogP contribution in [0.25, 0.3) is 0 Å². The number of nitrogens with one attached hydrogen (secondary N) is 2. The normalized spacial score (nSPS) is 17.5. The Labute approximate surface area is 203 Å². The van der Waals surface area contributed by atoms with Gasteiger partial charge in [0.2, 0.25) is 5.95 Å². The number of thioether (sulfide) groups is 1. The fraction of sp³-hybridized carbons (Fsp3) is 0.333. The fourth-order valence-corrected chi connectivity index (χ4v) is 6.58. The van der Waals surface area contributed by atoms with Crippen LogP contribution in [0.1, 0.15) is 29.0 Å². The van der Waals surface area contributed by atoms with E-state index >= 15 is 0 Å². The predicted molar refractivity (Wildman–Crippen MR) is 137 cm³/mol. The zero-order valence-corrected chi connectivity index (χ0v) is 21.1. The van der Waals surface area contributed by atoms with Crippen molar-refractivity contribution in [1.82, 2.24) is 19.9 Å². The lowest BCUT2D eigenvalue weighted by atomic mass is 9.87. The second-order valence-electron chi connectivity index (χ2n) is 9.13. The van der Waals surface area contributed by atoms with Crippen molar-refractivity contribution in [2.24, 2.45) is 0 Å². The predicted octanol–water partition coefficient (Wildman–Crippen LogP) is 4.50. The first-order valence-electron chi connectivity index (χ1n) is 11.1. The molecule has 10 heteroatoms. The molecule has 8 nitrogen and oxygen atoms in total. The molecule has 0 saturated heterocycles. The van der Waals surface area contributed by atoms with Gasteiger partial charge in [0.1, 0.15) is 30.0 Å². The van der Waals surface area contributed by atoms with Gasteiger partial charge in [-0.05, 0) is 73.9 Å². The highest BCUT2D eigenvalue weighted by Crippen LogP contribution is 2.44. The van der Waals surface area contributed by atoms with Gasteiger partial charge < -0.3 is 20.1 Å². The molecule has 0 saturated carbocycles. The molecule has 34 heavy (non-hydrogen) atoms. The summed E-state index contributed by atoms with van der Waals surface area (Å²) in [5.74, 6) is 2.95. The number of aromatic nitrogens is 3. The highest BCUT2D eigenvalue weighted by molar-refractivity contribution is 7.99. The molecule has 0 radical (unpaired) electrons. The van der Waals surface area contributed by atoms with Gasteiger partial charge in [-0.1, -0.05) is 6.07 Å². The smallest absolute Gasteiger partial charge is 0.229 e. The number of hydrogen-bond acceptors (Lipinski definition) is 9. The minimum atomic E-state index is -2.51. The molecule has 1 atom stereocenters. The molecule has 0 spiro atoms. The maximum absolute atomic E-state index is 12.4. The van der Waals surface area contributed by atoms with Crippen LogP contribution in [0.2, 0.25) is 0 Å². The Morgan fingerprint density at radius 1 is 1.24 bits per heavy atom. The van der Waals surface area contributed by atoms with E-state index < -0.39 is 7.14 Å². The summed E-state index contributed by atoms with van der Waals surface area (Å²) in [6, 6.07) is 11.8. The highest BCUT2D eigenvalue weighted by atomic mass is 32.2. The SMILES string of the molecule is CN1Cc2cc(Nc3ncc(C#N)c(Nc4cccc(P(C)(C)=O)n4)n3)cc3c2C(CCS3)C1. The Morgan fingerprint density at radius 2 is 2.09 bits per heavy atom. The van der Waals surface area contributed by atoms with Crippen molar-refractivity contribution in [3.05, 3.63) is 53.2 Å². The van der Waals surface area contributed by atoms with Crippen LogP contribution in [0.5, 0.6) is 0 Å². The molecule has 5 rings (SSSR count). The van der Waals surface area contributed by atoms with E-state index in [4.69, 9.17) is 0 Å². The van der Waals surface area contributed by atoms with Gasteiger partial charge in [-0.2, -0.15) is 10.2 Å². The molecule has 0 bridgehead atoms. The van der Waals surface area contributed by atoms with Gasteiger partial charge in [0.25, 0.3) is 0 Å². The molecule has 1 aromatic carbocycles. The van der Waals surface area contributed by atoms with Crippen LogP contribution in [0.4, 0.5) is 23.3 Å². The first kappa shape index (κ1) is 22.9. The Bertz CT molecular complexity index is 1350. The third-order valence-corrected chi connectivity index (χ3v) is 8.47. The maximum Gasteiger partial charge on any atom is 0.229 e. The van der Waals surface area contributed by atoms with Crippen LogP contribution in [-0.2, 0) is 11.1 Å². The highest BCUT2D eigenvalue weighted by Gasteiger charge is 2.29. The number of rotatable bonds is 5. The Morgan fingerprint density at radius 3 is 2.88 bits per heavy atom. The largest absolute Gasteiger partial charge is 0.324 e. The number of nitriles is 1. The van der Waals surface area contributed by atoms with Gasteiger partial charge >= 0.3 is 0 Å². The first-order chi connectivity index (χ1) is 16.3. The van der Waals surface area contributed by atoms with Gasteiger partial charge in [-0.25, -0.2) is 9.97 Å². The lowest BCUT2D eigenvalue weighted by Gasteiger charge is -2.36. The minimum Gasteiger partial charge on any atom is -0.324 e. The second-order valence-corrected chi connectivity index (χ2v) is 13.4. The molecule has 0 aliphatic carbocycles. The minimum absolute atomic E-state index is 0.300. The van der Waals surface area contributed by atoms with E-state index in [0.717, 1.165) is 24.5 Å². The topological polar surface area (TPSA) is 107 Å². The quantitative estimate of drug-likeness (QED) is 0.499. The fourth-order valence-electron chi connectivity index (χ4n) is 4.50. The zero-order chi connectivity index (χ0) is 23.9. The molecule has 4 heterocycles. The summed E-state index contributed by atoms with van der Waals surface area (Å²) in [6.45, 7) is 5.39. The standard InChI is InChI=1S/C24H26N7OPS/c1-31-13-15-7-8-34-19-10-18(9-16(14-31)22(15)19)27-24-26-12-17(11-25)23(30-24)29-20-5-4-6-21(28-20)33(2,3)32/h4-6,9-10,12,15H,7-8,13-14H2,1-3H3,(H2,26,27,28,29,30). The number of likely N-dealkylation sites (N-methyl/N-ethyl adjacent to an activating group) is 1. The van der Waals surface area contributed by atoms with Crippen molar-refractivity contribution in [3.8, 4) is 6.07 Å². The molecular formula is C24H26N7OPS. The molecule has 1 unspecified atom stereocenters. The van der Waals surface area contributed by atoms with E-state index in [1.165, 1.54) is 28.6 Å². The van der Waals surface area contributed by atoms with E-state index in [2.05, 4.69) is 55.7 Å². The molecule has 2 aliphatic heterocycles. The average molecular weight is 492 g/mol. The molecular weight excluding hydrogens is 465 g/mol. The van der Waals surface area contributed by atoms with Crippen LogP contribution in [-0.4, -0.2) is 52.5 Å². The summed E-state index contributed by atoms with van der Waals surface area (Å²) in [5, 5.41) is 16.0. The van der Waals surface area contributed by atoms with Gasteiger partial charge in [-0.3, -0.25) is 0 Å². The van der Waals surface area contributed by atoms with Gasteiger partial charge in [0, 0.05) is 23.7 Å². The Balaban J connectivity index is 1.44. The lowest BCUT2D eigenvalue weighted by molar-refractivity contribution is 0.275. The van der Waals surface area contributed by atoms with E-state index in [1.807, 2.05) is 11.8 Å². The zero-order valence-electron chi connectivity index (χ0n) is 19.4. The van der Waals surface area contributed by atoms with Crippen LogP contribution in [0, 0.1) is 11.3 Å². The van der Waals surface area contributed by atoms with Crippen molar-refractivity contribution in [2.45, 2.75) is 23.8 Å². The molecule has 2 N–H and O–H groups in total. The average Bonchev–Trinajstić information content (AvgIpc) is 2.79. The van der Waals surface area contributed by atoms with Gasteiger partial charge in [0.05, 0.1) is 6.20 Å². The van der Waals surface area contributed by atoms with Crippen LogP contribution < -0.4 is 16.1 Å². The number of benzene rings is 1. The van der Waals surface area contributed by atoms with Crippen LogP contribution >= 0.6 is 18.9 Å². The molecule has 174 valence electrons. The first-order valence-corrected chi connectivity index (χ1v) is 14.7. The summed E-state index contributed by atoms with van der Waals surface area (Å²) >= 11 is 1.91. The van der Waals surface area contributed by atoms with E-state index in [9.17, 15) is 9.83 Å². The second kappa shape index (κ2) is 9.03. The van der Waals surface area contributed by atoms with Gasteiger partial charge in [0.15, 0.2) is 5.82 Å². The third-order valence-electron chi connectivity index (χ3n) is 6.03. The molecule has 3 aromatic rings. The number of nitrogens with zero attached hydrogens (tertiary/aromatic N) is 5. The summed E-state index contributed by atoms with van der Waals surface area (Å²) in [7, 11) is -0.341. The molecule has 0 amide bonds. The Kier molecular flexibility index (Phi) is 6.07. The van der Waals surface area contributed by atoms with Gasteiger partial charge in [-0.15, -0.1) is 11.8 Å². The van der Waals surface area contributed by atoms with Crippen molar-refractivity contribution < 1.29 is 4.57 Å². The number of anilines is 4. The summed E-state index contributed by atoms with van der Waals surface area (Å²) < 4.78 is 12.4. The van der Waals surface area contributed by atoms with E-state index in [0.29, 0.717) is 34.5 Å². The van der Waals surface area contributed by atoms with E-state index in [-0.39, 0.29) is 0 Å². The van der Waals surface area contributed by atoms with Crippen molar-refractivity contribution in [3.63, 3.8) is 0 Å². The summed E-state index contributed by atoms with van der Waals surface area (Å²) in [4.78, 5) is 17.1. The number of pyridine rings is 1. The van der Waals surface area contributed by atoms with Crippen molar-refractivity contribution in [1.29, 1.82) is 5.26 Å². The van der Waals surface area contributed by atoms with E-state index in [1.54, 1.807) is 31.5 Å². The third kappa shape index (κ3) is 4.67. The van der Waals surface area contributed by atoms with Crippen LogP contribution in [0.15, 0.2) is 41.4 Å². The molecule has 0 fully saturated rings. The number of hydrogen-bond donors (Lipinski definition) is 2. The monoisotopic (exact) mass is 491 g/mol. The lowest BCUT2D eigenvalue weighted by Crippen LogP contribution is -2.32. The van der Waals surface area contributed by atoms with Crippen molar-refractivity contribution in [2.75, 3.05) is 43.3 Å². The Hall–Kier alpha value is -2.92.